The van der Waals surface area contributed by atoms with Crippen molar-refractivity contribution in [3.05, 3.63) is 64.7 Å². The molecule has 0 saturated carbocycles. The summed E-state index contributed by atoms with van der Waals surface area (Å²) in [7, 11) is 0. The van der Waals surface area contributed by atoms with Gasteiger partial charge in [-0.3, -0.25) is 0 Å². The molecule has 0 saturated heterocycles. The Balaban J connectivity index is 1.59. The van der Waals surface area contributed by atoms with E-state index >= 15 is 0 Å². The highest BCUT2D eigenvalue weighted by atomic mass is 35.5. The molecule has 2 aromatic carbocycles. The van der Waals surface area contributed by atoms with Gasteiger partial charge in [0.25, 0.3) is 0 Å². The second kappa shape index (κ2) is 5.86. The molecule has 104 valence electrons. The number of rotatable bonds is 4. The minimum absolute atomic E-state index is 0.0641. The normalized spacial score (nSPS) is 18.4. The van der Waals surface area contributed by atoms with Gasteiger partial charge in [-0.2, -0.15) is 0 Å². The lowest BCUT2D eigenvalue weighted by atomic mass is 9.99. The molecule has 0 fully saturated rings. The number of nitrogens with two attached hydrogens (primary N) is 1. The van der Waals surface area contributed by atoms with E-state index in [1.54, 1.807) is 0 Å². The van der Waals surface area contributed by atoms with Crippen LogP contribution in [0.15, 0.2) is 48.5 Å². The first-order valence-corrected chi connectivity index (χ1v) is 7.33. The average molecular weight is 288 g/mol. The van der Waals surface area contributed by atoms with Crippen molar-refractivity contribution in [2.24, 2.45) is 5.73 Å². The van der Waals surface area contributed by atoms with Crippen molar-refractivity contribution in [3.8, 4) is 5.75 Å². The van der Waals surface area contributed by atoms with E-state index in [2.05, 4.69) is 6.07 Å². The summed E-state index contributed by atoms with van der Waals surface area (Å²) in [5, 5.41) is 0.790. The molecular weight excluding hydrogens is 270 g/mol. The Morgan fingerprint density at radius 3 is 2.70 bits per heavy atom. The topological polar surface area (TPSA) is 35.2 Å². The van der Waals surface area contributed by atoms with E-state index in [-0.39, 0.29) is 12.1 Å². The van der Waals surface area contributed by atoms with E-state index in [9.17, 15) is 0 Å². The van der Waals surface area contributed by atoms with Gasteiger partial charge in [0.15, 0.2) is 0 Å². The van der Waals surface area contributed by atoms with Crippen LogP contribution in [0.3, 0.4) is 0 Å². The first kappa shape index (κ1) is 13.5. The number of benzene rings is 2. The number of hydrogen-bond donors (Lipinski definition) is 1. The van der Waals surface area contributed by atoms with Crippen molar-refractivity contribution < 1.29 is 4.74 Å². The highest BCUT2D eigenvalue weighted by molar-refractivity contribution is 6.31. The zero-order valence-electron chi connectivity index (χ0n) is 11.3. The molecular formula is C17H18ClNO. The van der Waals surface area contributed by atoms with Crippen LogP contribution in [0, 0.1) is 0 Å². The Bertz CT molecular complexity index is 574. The van der Waals surface area contributed by atoms with E-state index in [1.165, 1.54) is 5.56 Å². The zero-order valence-corrected chi connectivity index (χ0v) is 12.0. The number of ether oxygens (including phenoxy) is 1. The van der Waals surface area contributed by atoms with E-state index in [0.717, 1.165) is 35.6 Å². The SMILES string of the molecule is NC(Cc1ccccc1Cl)CC1Cc2ccccc2O1. The summed E-state index contributed by atoms with van der Waals surface area (Å²) in [5.74, 6) is 1.00. The van der Waals surface area contributed by atoms with Gasteiger partial charge in [-0.25, -0.2) is 0 Å². The van der Waals surface area contributed by atoms with E-state index < -0.39 is 0 Å². The molecule has 2 aromatic rings. The molecule has 0 aliphatic carbocycles. The van der Waals surface area contributed by atoms with Crippen LogP contribution in [-0.2, 0) is 12.8 Å². The maximum atomic E-state index is 6.25. The van der Waals surface area contributed by atoms with Crippen molar-refractivity contribution in [3.63, 3.8) is 0 Å². The average Bonchev–Trinajstić information content (AvgIpc) is 2.83. The van der Waals surface area contributed by atoms with Gasteiger partial charge in [-0.15, -0.1) is 0 Å². The minimum atomic E-state index is 0.0641. The number of fused-ring (bicyclic) bond motifs is 1. The van der Waals surface area contributed by atoms with E-state index in [4.69, 9.17) is 22.1 Å². The summed E-state index contributed by atoms with van der Waals surface area (Å²) in [5.41, 5.74) is 8.64. The van der Waals surface area contributed by atoms with Crippen LogP contribution in [0.4, 0.5) is 0 Å². The lowest BCUT2D eigenvalue weighted by molar-refractivity contribution is 0.210. The summed E-state index contributed by atoms with van der Waals surface area (Å²) in [6, 6.07) is 16.1. The summed E-state index contributed by atoms with van der Waals surface area (Å²) in [6.45, 7) is 0. The van der Waals surface area contributed by atoms with Crippen LogP contribution in [0.5, 0.6) is 5.75 Å². The molecule has 1 aliphatic rings. The third-order valence-corrected chi connectivity index (χ3v) is 4.09. The second-order valence-corrected chi connectivity index (χ2v) is 5.75. The van der Waals surface area contributed by atoms with Gasteiger partial charge in [0, 0.05) is 23.9 Å². The maximum Gasteiger partial charge on any atom is 0.123 e. The molecule has 0 spiro atoms. The van der Waals surface area contributed by atoms with E-state index in [0.29, 0.717) is 0 Å². The Hall–Kier alpha value is -1.51. The molecule has 20 heavy (non-hydrogen) atoms. The molecule has 2 nitrogen and oxygen atoms in total. The van der Waals surface area contributed by atoms with Crippen LogP contribution in [0.25, 0.3) is 0 Å². The van der Waals surface area contributed by atoms with Gasteiger partial charge < -0.3 is 10.5 Å². The molecule has 2 N–H and O–H groups in total. The molecule has 0 aromatic heterocycles. The van der Waals surface area contributed by atoms with Crippen LogP contribution >= 0.6 is 11.6 Å². The van der Waals surface area contributed by atoms with Crippen molar-refractivity contribution in [2.75, 3.05) is 0 Å². The molecule has 1 heterocycles. The minimum Gasteiger partial charge on any atom is -0.490 e. The lowest BCUT2D eigenvalue weighted by Crippen LogP contribution is -2.30. The monoisotopic (exact) mass is 287 g/mol. The first-order chi connectivity index (χ1) is 9.72. The van der Waals surface area contributed by atoms with Crippen molar-refractivity contribution in [1.29, 1.82) is 0 Å². The molecule has 0 bridgehead atoms. The highest BCUT2D eigenvalue weighted by Gasteiger charge is 2.24. The fourth-order valence-electron chi connectivity index (χ4n) is 2.75. The Labute approximate surface area is 124 Å². The van der Waals surface area contributed by atoms with Crippen molar-refractivity contribution in [2.45, 2.75) is 31.4 Å². The summed E-state index contributed by atoms with van der Waals surface area (Å²) in [6.07, 6.45) is 2.77. The number of hydrogen-bond acceptors (Lipinski definition) is 2. The quantitative estimate of drug-likeness (QED) is 0.932. The highest BCUT2D eigenvalue weighted by Crippen LogP contribution is 2.30. The fourth-order valence-corrected chi connectivity index (χ4v) is 2.97. The van der Waals surface area contributed by atoms with Crippen molar-refractivity contribution >= 4 is 11.6 Å². The molecule has 0 radical (unpaired) electrons. The van der Waals surface area contributed by atoms with Gasteiger partial charge in [0.2, 0.25) is 0 Å². The smallest absolute Gasteiger partial charge is 0.123 e. The van der Waals surface area contributed by atoms with Gasteiger partial charge in [-0.1, -0.05) is 48.0 Å². The largest absolute Gasteiger partial charge is 0.490 e. The van der Waals surface area contributed by atoms with Gasteiger partial charge in [0.1, 0.15) is 11.9 Å². The van der Waals surface area contributed by atoms with Crippen LogP contribution < -0.4 is 10.5 Å². The van der Waals surface area contributed by atoms with Gasteiger partial charge in [0.05, 0.1) is 0 Å². The fraction of sp³-hybridized carbons (Fsp3) is 0.294. The molecule has 2 atom stereocenters. The standard InChI is InChI=1S/C17H18ClNO/c18-16-7-3-1-5-12(16)9-14(19)11-15-10-13-6-2-4-8-17(13)20-15/h1-8,14-15H,9-11,19H2. The predicted octanol–water partition coefficient (Wildman–Crippen LogP) is 3.60. The van der Waals surface area contributed by atoms with Crippen molar-refractivity contribution in [1.82, 2.24) is 0 Å². The van der Waals surface area contributed by atoms with Crippen LogP contribution in [0.1, 0.15) is 17.5 Å². The summed E-state index contributed by atoms with van der Waals surface area (Å²) < 4.78 is 5.93. The Kier molecular flexibility index (Phi) is 3.95. The van der Waals surface area contributed by atoms with Gasteiger partial charge >= 0.3 is 0 Å². The van der Waals surface area contributed by atoms with Crippen LogP contribution in [0.2, 0.25) is 5.02 Å². The summed E-state index contributed by atoms with van der Waals surface area (Å²) >= 11 is 6.17. The Morgan fingerprint density at radius 1 is 1.15 bits per heavy atom. The first-order valence-electron chi connectivity index (χ1n) is 6.96. The number of para-hydroxylation sites is 1. The molecule has 2 unspecified atom stereocenters. The lowest BCUT2D eigenvalue weighted by Gasteiger charge is -2.17. The summed E-state index contributed by atoms with van der Waals surface area (Å²) in [4.78, 5) is 0. The molecule has 0 amide bonds. The second-order valence-electron chi connectivity index (χ2n) is 5.34. The van der Waals surface area contributed by atoms with Crippen LogP contribution in [-0.4, -0.2) is 12.1 Å². The molecule has 3 rings (SSSR count). The Morgan fingerprint density at radius 2 is 1.90 bits per heavy atom. The maximum absolute atomic E-state index is 6.25. The van der Waals surface area contributed by atoms with E-state index in [1.807, 2.05) is 42.5 Å². The third-order valence-electron chi connectivity index (χ3n) is 3.72. The number of halogens is 1. The third kappa shape index (κ3) is 2.97. The zero-order chi connectivity index (χ0) is 13.9. The molecule has 3 heteroatoms. The van der Waals surface area contributed by atoms with Gasteiger partial charge in [-0.05, 0) is 29.7 Å². The predicted molar refractivity (Wildman–Crippen MR) is 82.3 cm³/mol. The molecule has 1 aliphatic heterocycles.